The lowest BCUT2D eigenvalue weighted by atomic mass is 10.0. The van der Waals surface area contributed by atoms with Gasteiger partial charge >= 0.3 is 0 Å². The molecule has 1 unspecified atom stereocenters. The molecular formula is C26H32N4O3S. The minimum atomic E-state index is -3.09. The molecule has 2 aliphatic rings. The van der Waals surface area contributed by atoms with Crippen molar-refractivity contribution in [3.05, 3.63) is 47.2 Å². The number of sulfone groups is 1. The Morgan fingerprint density at radius 3 is 2.38 bits per heavy atom. The van der Waals surface area contributed by atoms with Crippen molar-refractivity contribution in [3.63, 3.8) is 0 Å². The Morgan fingerprint density at radius 2 is 1.74 bits per heavy atom. The first-order valence-electron chi connectivity index (χ1n) is 12.3. The van der Waals surface area contributed by atoms with Gasteiger partial charge in [0.15, 0.2) is 15.5 Å². The number of nitrogens with zero attached hydrogens (tertiary/aromatic N) is 3. The van der Waals surface area contributed by atoms with Gasteiger partial charge in [-0.1, -0.05) is 55.5 Å². The molecule has 5 rings (SSSR count). The second-order valence-electron chi connectivity index (χ2n) is 9.87. The van der Waals surface area contributed by atoms with Crippen molar-refractivity contribution >= 4 is 26.8 Å². The summed E-state index contributed by atoms with van der Waals surface area (Å²) in [7, 11) is -3.09. The number of aryl methyl sites for hydroxylation is 2. The molecule has 2 aromatic heterocycles. The van der Waals surface area contributed by atoms with Crippen LogP contribution in [0.25, 0.3) is 22.3 Å². The second kappa shape index (κ2) is 9.13. The van der Waals surface area contributed by atoms with E-state index in [2.05, 4.69) is 5.32 Å². The van der Waals surface area contributed by atoms with E-state index in [9.17, 15) is 13.2 Å². The quantitative estimate of drug-likeness (QED) is 0.554. The predicted molar refractivity (Wildman–Crippen MR) is 134 cm³/mol. The van der Waals surface area contributed by atoms with Gasteiger partial charge in [-0.05, 0) is 39.2 Å². The van der Waals surface area contributed by atoms with Gasteiger partial charge in [-0.15, -0.1) is 0 Å². The van der Waals surface area contributed by atoms with Gasteiger partial charge in [-0.2, -0.15) is 5.10 Å². The number of amides is 1. The topological polar surface area (TPSA) is 94.0 Å². The Morgan fingerprint density at radius 1 is 1.03 bits per heavy atom. The van der Waals surface area contributed by atoms with Crippen LogP contribution in [0.1, 0.15) is 72.6 Å². The molecule has 1 N–H and O–H groups in total. The summed E-state index contributed by atoms with van der Waals surface area (Å²) in [5.74, 6) is 0.114. The minimum Gasteiger partial charge on any atom is -0.349 e. The fourth-order valence-electron chi connectivity index (χ4n) is 5.27. The molecule has 2 fully saturated rings. The van der Waals surface area contributed by atoms with Gasteiger partial charge in [-0.25, -0.2) is 18.1 Å². The van der Waals surface area contributed by atoms with E-state index >= 15 is 0 Å². The molecule has 1 amide bonds. The number of hydrogen-bond acceptors (Lipinski definition) is 5. The highest BCUT2D eigenvalue weighted by atomic mass is 32.2. The molecule has 0 spiro atoms. The maximum atomic E-state index is 13.6. The average molecular weight is 481 g/mol. The first kappa shape index (κ1) is 23.0. The number of rotatable bonds is 4. The fourth-order valence-corrected chi connectivity index (χ4v) is 6.97. The summed E-state index contributed by atoms with van der Waals surface area (Å²) in [5.41, 5.74) is 4.61. The Balaban J connectivity index is 1.62. The monoisotopic (exact) mass is 480 g/mol. The molecule has 1 saturated heterocycles. The van der Waals surface area contributed by atoms with Crippen LogP contribution in [0.2, 0.25) is 0 Å². The molecule has 7 nitrogen and oxygen atoms in total. The summed E-state index contributed by atoms with van der Waals surface area (Å²) in [4.78, 5) is 18.5. The smallest absolute Gasteiger partial charge is 0.252 e. The normalized spacial score (nSPS) is 20.9. The molecule has 1 aliphatic heterocycles. The SMILES string of the molecule is Cc1ccc(-c2cc(C(=O)NC3CCCCCC3)c3c(C)nn(C4CCS(=O)(=O)C4)c3n2)cc1. The highest BCUT2D eigenvalue weighted by molar-refractivity contribution is 7.91. The summed E-state index contributed by atoms with van der Waals surface area (Å²) in [6, 6.07) is 9.84. The van der Waals surface area contributed by atoms with Crippen LogP contribution in [-0.4, -0.2) is 46.6 Å². The van der Waals surface area contributed by atoms with Crippen LogP contribution in [0, 0.1) is 13.8 Å². The van der Waals surface area contributed by atoms with Gasteiger partial charge in [0.2, 0.25) is 0 Å². The van der Waals surface area contributed by atoms with Crippen molar-refractivity contribution < 1.29 is 13.2 Å². The first-order valence-corrected chi connectivity index (χ1v) is 14.1. The third kappa shape index (κ3) is 4.60. The fraction of sp³-hybridized carbons (Fsp3) is 0.500. The van der Waals surface area contributed by atoms with Gasteiger partial charge in [0.1, 0.15) is 0 Å². The second-order valence-corrected chi connectivity index (χ2v) is 12.1. The van der Waals surface area contributed by atoms with Crippen LogP contribution in [0.5, 0.6) is 0 Å². The molecule has 1 atom stereocenters. The maximum absolute atomic E-state index is 13.6. The van der Waals surface area contributed by atoms with Crippen molar-refractivity contribution in [2.75, 3.05) is 11.5 Å². The van der Waals surface area contributed by atoms with Crippen molar-refractivity contribution in [1.82, 2.24) is 20.1 Å². The first-order chi connectivity index (χ1) is 16.3. The lowest BCUT2D eigenvalue weighted by Crippen LogP contribution is -2.34. The van der Waals surface area contributed by atoms with Crippen molar-refractivity contribution in [3.8, 4) is 11.3 Å². The number of pyridine rings is 1. The highest BCUT2D eigenvalue weighted by Crippen LogP contribution is 2.32. The van der Waals surface area contributed by atoms with Crippen LogP contribution in [0.15, 0.2) is 30.3 Å². The molecule has 180 valence electrons. The largest absolute Gasteiger partial charge is 0.349 e. The van der Waals surface area contributed by atoms with E-state index in [1.807, 2.05) is 44.2 Å². The van der Waals surface area contributed by atoms with Crippen LogP contribution in [0.3, 0.4) is 0 Å². The standard InChI is InChI=1S/C26H32N4O3S/c1-17-9-11-19(12-10-17)23-15-22(26(31)27-20-7-5-3-4-6-8-20)24-18(2)29-30(25(24)28-23)21-13-14-34(32,33)16-21/h9-12,15,20-21H,3-8,13-14,16H2,1-2H3,(H,27,31). The summed E-state index contributed by atoms with van der Waals surface area (Å²) >= 11 is 0. The van der Waals surface area contributed by atoms with Gasteiger partial charge in [0.25, 0.3) is 5.91 Å². The molecule has 34 heavy (non-hydrogen) atoms. The lowest BCUT2D eigenvalue weighted by Gasteiger charge is -2.17. The molecule has 0 radical (unpaired) electrons. The van der Waals surface area contributed by atoms with Gasteiger partial charge in [0, 0.05) is 11.6 Å². The average Bonchev–Trinajstić information content (AvgIpc) is 3.21. The number of aromatic nitrogens is 3. The number of carbonyl (C=O) groups is 1. The van der Waals surface area contributed by atoms with Crippen LogP contribution in [-0.2, 0) is 9.84 Å². The summed E-state index contributed by atoms with van der Waals surface area (Å²) in [5, 5.41) is 8.69. The molecule has 1 saturated carbocycles. The lowest BCUT2D eigenvalue weighted by molar-refractivity contribution is 0.0935. The van der Waals surface area contributed by atoms with E-state index in [-0.39, 0.29) is 29.5 Å². The zero-order chi connectivity index (χ0) is 23.9. The maximum Gasteiger partial charge on any atom is 0.252 e. The number of fused-ring (bicyclic) bond motifs is 1. The van der Waals surface area contributed by atoms with E-state index in [1.54, 1.807) is 4.68 Å². The van der Waals surface area contributed by atoms with Crippen molar-refractivity contribution in [2.45, 2.75) is 70.9 Å². The van der Waals surface area contributed by atoms with Crippen LogP contribution in [0.4, 0.5) is 0 Å². The number of benzene rings is 1. The molecule has 3 aromatic rings. The Hall–Kier alpha value is -2.74. The summed E-state index contributed by atoms with van der Waals surface area (Å²) in [6.45, 7) is 3.91. The Labute approximate surface area is 200 Å². The van der Waals surface area contributed by atoms with E-state index in [1.165, 1.54) is 12.8 Å². The van der Waals surface area contributed by atoms with E-state index in [0.29, 0.717) is 34.4 Å². The van der Waals surface area contributed by atoms with E-state index in [0.717, 1.165) is 36.8 Å². The third-order valence-corrected chi connectivity index (χ3v) is 8.92. The summed E-state index contributed by atoms with van der Waals surface area (Å²) < 4.78 is 26.1. The minimum absolute atomic E-state index is 0.0588. The van der Waals surface area contributed by atoms with Gasteiger partial charge in [-0.3, -0.25) is 4.79 Å². The molecule has 8 heteroatoms. The van der Waals surface area contributed by atoms with Crippen molar-refractivity contribution in [2.24, 2.45) is 0 Å². The van der Waals surface area contributed by atoms with Crippen LogP contribution >= 0.6 is 0 Å². The number of nitrogens with one attached hydrogen (secondary N) is 1. The zero-order valence-corrected chi connectivity index (χ0v) is 20.7. The van der Waals surface area contributed by atoms with Crippen molar-refractivity contribution in [1.29, 1.82) is 0 Å². The molecule has 1 aliphatic carbocycles. The molecule has 3 heterocycles. The van der Waals surface area contributed by atoms with Gasteiger partial charge in [0.05, 0.1) is 39.9 Å². The number of carbonyl (C=O) groups excluding carboxylic acids is 1. The predicted octanol–water partition coefficient (Wildman–Crippen LogP) is 4.53. The number of hydrogen-bond donors (Lipinski definition) is 1. The van der Waals surface area contributed by atoms with Gasteiger partial charge < -0.3 is 5.32 Å². The highest BCUT2D eigenvalue weighted by Gasteiger charge is 2.32. The molecular weight excluding hydrogens is 448 g/mol. The van der Waals surface area contributed by atoms with E-state index in [4.69, 9.17) is 10.1 Å². The molecule has 1 aromatic carbocycles. The summed E-state index contributed by atoms with van der Waals surface area (Å²) in [6.07, 6.45) is 7.24. The molecule has 0 bridgehead atoms. The Bertz CT molecular complexity index is 1320. The zero-order valence-electron chi connectivity index (χ0n) is 19.9. The van der Waals surface area contributed by atoms with Crippen LogP contribution < -0.4 is 5.32 Å². The van der Waals surface area contributed by atoms with E-state index < -0.39 is 9.84 Å². The third-order valence-electron chi connectivity index (χ3n) is 7.17. The Kier molecular flexibility index (Phi) is 6.18.